The number of pyridine rings is 1. The number of thiazole rings is 1. The molecule has 3 heterocycles. The van der Waals surface area contributed by atoms with Crippen molar-refractivity contribution in [3.8, 4) is 5.75 Å². The molecule has 0 unspecified atom stereocenters. The number of hydrogen-bond donors (Lipinski definition) is 1. The van der Waals surface area contributed by atoms with Crippen LogP contribution in [0.4, 0.5) is 5.13 Å². The van der Waals surface area contributed by atoms with Crippen LogP contribution in [0.2, 0.25) is 0 Å². The van der Waals surface area contributed by atoms with Gasteiger partial charge in [0.15, 0.2) is 5.13 Å². The maximum absolute atomic E-state index is 12.7. The lowest BCUT2D eigenvalue weighted by atomic mass is 10.2. The van der Waals surface area contributed by atoms with E-state index in [-0.39, 0.29) is 5.91 Å². The average Bonchev–Trinajstić information content (AvgIpc) is 3.28. The molecule has 132 valence electrons. The van der Waals surface area contributed by atoms with Gasteiger partial charge in [-0.05, 0) is 42.5 Å². The van der Waals surface area contributed by atoms with E-state index in [0.717, 1.165) is 37.1 Å². The number of nitrogens with one attached hydrogen (secondary N) is 1. The zero-order valence-electron chi connectivity index (χ0n) is 14.2. The molecular weight excluding hydrogens is 378 g/mol. The van der Waals surface area contributed by atoms with Gasteiger partial charge in [0.05, 0.1) is 27.7 Å². The molecule has 0 saturated heterocycles. The minimum Gasteiger partial charge on any atom is -0.497 e. The molecule has 5 aromatic rings. The van der Waals surface area contributed by atoms with Crippen LogP contribution in [0.1, 0.15) is 9.67 Å². The topological polar surface area (TPSA) is 64.1 Å². The van der Waals surface area contributed by atoms with E-state index in [0.29, 0.717) is 10.0 Å². The third kappa shape index (κ3) is 2.90. The molecule has 27 heavy (non-hydrogen) atoms. The molecule has 2 aromatic carbocycles. The lowest BCUT2D eigenvalue weighted by molar-refractivity contribution is 0.103. The van der Waals surface area contributed by atoms with Crippen molar-refractivity contribution in [3.05, 3.63) is 59.5 Å². The van der Waals surface area contributed by atoms with Gasteiger partial charge in [-0.3, -0.25) is 10.1 Å². The SMILES string of the molecule is COc1ccc2nc3sc(C(=O)Nc4nc5ccccc5s4)cc3cc2c1. The van der Waals surface area contributed by atoms with Crippen LogP contribution < -0.4 is 10.1 Å². The third-order valence-corrected chi connectivity index (χ3v) is 6.24. The van der Waals surface area contributed by atoms with E-state index >= 15 is 0 Å². The van der Waals surface area contributed by atoms with E-state index in [9.17, 15) is 4.79 Å². The number of nitrogens with zero attached hydrogens (tertiary/aromatic N) is 2. The highest BCUT2D eigenvalue weighted by Gasteiger charge is 2.14. The van der Waals surface area contributed by atoms with Gasteiger partial charge in [-0.15, -0.1) is 11.3 Å². The highest BCUT2D eigenvalue weighted by atomic mass is 32.1. The Balaban J connectivity index is 1.49. The molecule has 1 amide bonds. The Morgan fingerprint density at radius 2 is 1.85 bits per heavy atom. The number of methoxy groups -OCH3 is 1. The highest BCUT2D eigenvalue weighted by molar-refractivity contribution is 7.22. The van der Waals surface area contributed by atoms with Gasteiger partial charge in [0.1, 0.15) is 10.6 Å². The number of rotatable bonds is 3. The predicted molar refractivity (Wildman–Crippen MR) is 111 cm³/mol. The molecule has 0 radical (unpaired) electrons. The number of fused-ring (bicyclic) bond motifs is 3. The van der Waals surface area contributed by atoms with Gasteiger partial charge >= 0.3 is 0 Å². The molecule has 7 heteroatoms. The van der Waals surface area contributed by atoms with E-state index in [1.807, 2.05) is 54.6 Å². The van der Waals surface area contributed by atoms with Crippen LogP contribution in [0.15, 0.2) is 54.6 Å². The van der Waals surface area contributed by atoms with Gasteiger partial charge in [-0.1, -0.05) is 23.5 Å². The molecule has 5 rings (SSSR count). The van der Waals surface area contributed by atoms with Crippen molar-refractivity contribution < 1.29 is 9.53 Å². The number of anilines is 1. The van der Waals surface area contributed by atoms with Gasteiger partial charge in [0, 0.05) is 10.8 Å². The lowest BCUT2D eigenvalue weighted by Gasteiger charge is -2.01. The molecule has 0 atom stereocenters. The second-order valence-electron chi connectivity index (χ2n) is 5.99. The van der Waals surface area contributed by atoms with Crippen LogP contribution >= 0.6 is 22.7 Å². The van der Waals surface area contributed by atoms with Crippen molar-refractivity contribution in [2.75, 3.05) is 12.4 Å². The van der Waals surface area contributed by atoms with Crippen LogP contribution in [0.5, 0.6) is 5.75 Å². The number of ether oxygens (including phenoxy) is 1. The summed E-state index contributed by atoms with van der Waals surface area (Å²) in [5.41, 5.74) is 1.76. The summed E-state index contributed by atoms with van der Waals surface area (Å²) in [5, 5.41) is 5.42. The summed E-state index contributed by atoms with van der Waals surface area (Å²) in [6.45, 7) is 0. The van der Waals surface area contributed by atoms with Crippen LogP contribution in [0.3, 0.4) is 0 Å². The highest BCUT2D eigenvalue weighted by Crippen LogP contribution is 2.31. The molecule has 0 saturated carbocycles. The van der Waals surface area contributed by atoms with Gasteiger partial charge in [-0.25, -0.2) is 9.97 Å². The summed E-state index contributed by atoms with van der Waals surface area (Å²) in [6.07, 6.45) is 0. The maximum Gasteiger partial charge on any atom is 0.267 e. The molecule has 0 fully saturated rings. The van der Waals surface area contributed by atoms with E-state index in [1.54, 1.807) is 7.11 Å². The zero-order chi connectivity index (χ0) is 18.4. The summed E-state index contributed by atoms with van der Waals surface area (Å²) in [6, 6.07) is 17.5. The van der Waals surface area contributed by atoms with Gasteiger partial charge in [0.25, 0.3) is 5.91 Å². The minimum atomic E-state index is -0.168. The van der Waals surface area contributed by atoms with Gasteiger partial charge in [0.2, 0.25) is 0 Å². The Labute approximate surface area is 162 Å². The van der Waals surface area contributed by atoms with Crippen molar-refractivity contribution in [2.45, 2.75) is 0 Å². The quantitative estimate of drug-likeness (QED) is 0.452. The maximum atomic E-state index is 12.7. The molecule has 0 spiro atoms. The normalized spacial score (nSPS) is 11.3. The van der Waals surface area contributed by atoms with Crippen molar-refractivity contribution in [2.24, 2.45) is 0 Å². The van der Waals surface area contributed by atoms with Crippen LogP contribution in [0, 0.1) is 0 Å². The first-order chi connectivity index (χ1) is 13.2. The van der Waals surface area contributed by atoms with Crippen LogP contribution in [-0.4, -0.2) is 23.0 Å². The number of benzene rings is 2. The van der Waals surface area contributed by atoms with Gasteiger partial charge in [-0.2, -0.15) is 0 Å². The smallest absolute Gasteiger partial charge is 0.267 e. The van der Waals surface area contributed by atoms with E-state index in [1.165, 1.54) is 22.7 Å². The predicted octanol–water partition coefficient (Wildman–Crippen LogP) is 5.32. The monoisotopic (exact) mass is 391 g/mol. The van der Waals surface area contributed by atoms with Crippen molar-refractivity contribution in [1.29, 1.82) is 0 Å². The molecular formula is C20H13N3O2S2. The second-order valence-corrected chi connectivity index (χ2v) is 8.05. The van der Waals surface area contributed by atoms with E-state index in [4.69, 9.17) is 4.74 Å². The summed E-state index contributed by atoms with van der Waals surface area (Å²) >= 11 is 2.84. The fourth-order valence-electron chi connectivity index (χ4n) is 2.94. The van der Waals surface area contributed by atoms with Crippen molar-refractivity contribution in [3.63, 3.8) is 0 Å². The molecule has 1 N–H and O–H groups in total. The largest absolute Gasteiger partial charge is 0.497 e. The molecule has 0 bridgehead atoms. The molecule has 0 aliphatic carbocycles. The van der Waals surface area contributed by atoms with Crippen LogP contribution in [-0.2, 0) is 0 Å². The first-order valence-corrected chi connectivity index (χ1v) is 9.88. The summed E-state index contributed by atoms with van der Waals surface area (Å²) in [4.78, 5) is 23.2. The summed E-state index contributed by atoms with van der Waals surface area (Å²) in [7, 11) is 1.64. The first-order valence-electron chi connectivity index (χ1n) is 8.25. The van der Waals surface area contributed by atoms with Gasteiger partial charge < -0.3 is 4.74 Å². The Hall–Kier alpha value is -3.03. The molecule has 5 nitrogen and oxygen atoms in total. The number of para-hydroxylation sites is 1. The molecule has 3 aromatic heterocycles. The third-order valence-electron chi connectivity index (χ3n) is 4.25. The number of carbonyl (C=O) groups is 1. The molecule has 0 aliphatic heterocycles. The van der Waals surface area contributed by atoms with Crippen LogP contribution in [0.25, 0.3) is 31.3 Å². The number of aromatic nitrogens is 2. The first kappa shape index (κ1) is 16.2. The Bertz CT molecular complexity index is 1290. The summed E-state index contributed by atoms with van der Waals surface area (Å²) < 4.78 is 6.32. The molecule has 0 aliphatic rings. The van der Waals surface area contributed by atoms with Crippen molar-refractivity contribution >= 4 is 65.0 Å². The Morgan fingerprint density at radius 3 is 2.70 bits per heavy atom. The number of hydrogen-bond acceptors (Lipinski definition) is 6. The van der Waals surface area contributed by atoms with E-state index in [2.05, 4.69) is 15.3 Å². The second kappa shape index (κ2) is 6.29. The number of carbonyl (C=O) groups excluding carboxylic acids is 1. The standard InChI is InChI=1S/C20H13N3O2S2/c1-25-13-6-7-14-11(9-13)8-12-10-17(26-19(12)21-14)18(24)23-20-22-15-4-2-3-5-16(15)27-20/h2-10H,1H3,(H,22,23,24). The minimum absolute atomic E-state index is 0.168. The Kier molecular flexibility index (Phi) is 3.77. The number of amides is 1. The summed E-state index contributed by atoms with van der Waals surface area (Å²) in [5.74, 6) is 0.617. The lowest BCUT2D eigenvalue weighted by Crippen LogP contribution is -2.09. The zero-order valence-corrected chi connectivity index (χ0v) is 15.9. The van der Waals surface area contributed by atoms with E-state index < -0.39 is 0 Å². The fraction of sp³-hybridized carbons (Fsp3) is 0.0500. The fourth-order valence-corrected chi connectivity index (χ4v) is 4.72. The Morgan fingerprint density at radius 1 is 0.963 bits per heavy atom. The number of thiophene rings is 1. The average molecular weight is 391 g/mol. The van der Waals surface area contributed by atoms with Crippen molar-refractivity contribution in [1.82, 2.24) is 9.97 Å².